The molecule has 0 spiro atoms. The summed E-state index contributed by atoms with van der Waals surface area (Å²) in [6.45, 7) is 0.624. The lowest BCUT2D eigenvalue weighted by Gasteiger charge is -2.08. The Morgan fingerprint density at radius 3 is 2.86 bits per heavy atom. The van der Waals surface area contributed by atoms with Gasteiger partial charge >= 0.3 is 6.03 Å². The van der Waals surface area contributed by atoms with Crippen LogP contribution in [0.3, 0.4) is 0 Å². The lowest BCUT2D eigenvalue weighted by atomic mass is 10.2. The van der Waals surface area contributed by atoms with Crippen molar-refractivity contribution in [3.8, 4) is 10.6 Å². The Hall–Kier alpha value is -2.18. The van der Waals surface area contributed by atoms with Gasteiger partial charge in [-0.05, 0) is 30.0 Å². The number of thiophene rings is 1. The third kappa shape index (κ3) is 3.93. The predicted octanol–water partition coefficient (Wildman–Crippen LogP) is 4.24. The molecule has 6 heteroatoms. The van der Waals surface area contributed by atoms with Gasteiger partial charge in [0.15, 0.2) is 0 Å². The number of thiazole rings is 1. The second kappa shape index (κ2) is 7.20. The van der Waals surface area contributed by atoms with Crippen molar-refractivity contribution in [3.63, 3.8) is 0 Å². The largest absolute Gasteiger partial charge is 0.338 e. The highest BCUT2D eigenvalue weighted by molar-refractivity contribution is 7.13. The summed E-state index contributed by atoms with van der Waals surface area (Å²) in [7, 11) is 0. The number of benzene rings is 1. The van der Waals surface area contributed by atoms with Crippen molar-refractivity contribution >= 4 is 34.4 Å². The number of urea groups is 1. The van der Waals surface area contributed by atoms with Crippen LogP contribution < -0.4 is 10.6 Å². The summed E-state index contributed by atoms with van der Waals surface area (Å²) in [5.41, 5.74) is 1.77. The minimum Gasteiger partial charge on any atom is -0.338 e. The molecule has 0 saturated heterocycles. The van der Waals surface area contributed by atoms with Crippen LogP contribution in [0.15, 0.2) is 53.4 Å². The van der Waals surface area contributed by atoms with Gasteiger partial charge < -0.3 is 10.6 Å². The second-order valence-corrected chi connectivity index (χ2v) is 6.56. The molecule has 2 N–H and O–H groups in total. The monoisotopic (exact) mass is 329 g/mol. The number of hydrogen-bond acceptors (Lipinski definition) is 4. The molecule has 0 bridgehead atoms. The Morgan fingerprint density at radius 1 is 1.14 bits per heavy atom. The molecule has 2 aromatic heterocycles. The molecular formula is C16H15N3OS2. The molecule has 0 fully saturated rings. The van der Waals surface area contributed by atoms with Gasteiger partial charge in [0.25, 0.3) is 0 Å². The molecule has 0 atom stereocenters. The van der Waals surface area contributed by atoms with E-state index in [0.717, 1.165) is 22.7 Å². The van der Waals surface area contributed by atoms with Crippen LogP contribution in [-0.4, -0.2) is 17.6 Å². The molecule has 0 unspecified atom stereocenters. The van der Waals surface area contributed by atoms with Crippen LogP contribution >= 0.6 is 22.7 Å². The zero-order valence-corrected chi connectivity index (χ0v) is 13.4. The molecule has 4 nitrogen and oxygen atoms in total. The van der Waals surface area contributed by atoms with Crippen molar-refractivity contribution in [2.45, 2.75) is 6.42 Å². The Labute approximate surface area is 136 Å². The Balaban J connectivity index is 1.54. The first-order valence-corrected chi connectivity index (χ1v) is 8.64. The zero-order chi connectivity index (χ0) is 15.2. The lowest BCUT2D eigenvalue weighted by molar-refractivity contribution is 0.252. The first kappa shape index (κ1) is 14.7. The molecule has 3 rings (SSSR count). The van der Waals surface area contributed by atoms with Crippen LogP contribution in [0.25, 0.3) is 10.6 Å². The van der Waals surface area contributed by atoms with Gasteiger partial charge in [0.05, 0.1) is 0 Å². The van der Waals surface area contributed by atoms with Gasteiger partial charge in [0.2, 0.25) is 0 Å². The van der Waals surface area contributed by atoms with E-state index in [-0.39, 0.29) is 6.03 Å². The molecule has 0 aliphatic rings. The molecular weight excluding hydrogens is 314 g/mol. The normalized spacial score (nSPS) is 10.4. The zero-order valence-electron chi connectivity index (χ0n) is 11.8. The minimum absolute atomic E-state index is 0.187. The van der Waals surface area contributed by atoms with Crippen LogP contribution in [-0.2, 0) is 6.42 Å². The average molecular weight is 329 g/mol. The molecule has 0 aliphatic heterocycles. The van der Waals surface area contributed by atoms with Gasteiger partial charge in [-0.15, -0.1) is 22.7 Å². The number of anilines is 1. The van der Waals surface area contributed by atoms with Gasteiger partial charge in [-0.25, -0.2) is 9.78 Å². The number of carbonyl (C=O) groups excluding carboxylic acids is 1. The van der Waals surface area contributed by atoms with E-state index in [1.807, 2.05) is 41.1 Å². The molecule has 0 radical (unpaired) electrons. The Bertz CT molecular complexity index is 724. The SMILES string of the molecule is O=C(NCCc1cccs1)Nc1cccc(-c2nccs2)c1. The molecule has 22 heavy (non-hydrogen) atoms. The van der Waals surface area contributed by atoms with Gasteiger partial charge in [-0.2, -0.15) is 0 Å². The standard InChI is InChI=1S/C16H15N3OS2/c20-16(18-7-6-14-5-2-9-21-14)19-13-4-1-3-12(11-13)15-17-8-10-22-15/h1-5,8-11H,6-7H2,(H2,18,19,20). The summed E-state index contributed by atoms with van der Waals surface area (Å²) < 4.78 is 0. The van der Waals surface area contributed by atoms with Crippen molar-refractivity contribution in [2.24, 2.45) is 0 Å². The van der Waals surface area contributed by atoms with Gasteiger partial charge in [-0.1, -0.05) is 18.2 Å². The smallest absolute Gasteiger partial charge is 0.319 e. The fourth-order valence-electron chi connectivity index (χ4n) is 2.03. The maximum atomic E-state index is 11.9. The summed E-state index contributed by atoms with van der Waals surface area (Å²) in [6, 6.07) is 11.6. The molecule has 3 aromatic rings. The Morgan fingerprint density at radius 2 is 2.09 bits per heavy atom. The number of rotatable bonds is 5. The average Bonchev–Trinajstić information content (AvgIpc) is 3.21. The summed E-state index contributed by atoms with van der Waals surface area (Å²) in [6.07, 6.45) is 2.63. The van der Waals surface area contributed by atoms with Crippen LogP contribution in [0.5, 0.6) is 0 Å². The number of hydrogen-bond donors (Lipinski definition) is 2. The number of carbonyl (C=O) groups is 1. The van der Waals surface area contributed by atoms with E-state index in [0.29, 0.717) is 6.54 Å². The van der Waals surface area contributed by atoms with E-state index in [9.17, 15) is 4.79 Å². The topological polar surface area (TPSA) is 54.0 Å². The molecule has 2 amide bonds. The van der Waals surface area contributed by atoms with E-state index in [4.69, 9.17) is 0 Å². The maximum absolute atomic E-state index is 11.9. The van der Waals surface area contributed by atoms with Crippen LogP contribution in [0.1, 0.15) is 4.88 Å². The number of amides is 2. The Kier molecular flexibility index (Phi) is 4.82. The molecule has 1 aromatic carbocycles. The van der Waals surface area contributed by atoms with E-state index < -0.39 is 0 Å². The highest BCUT2D eigenvalue weighted by Gasteiger charge is 2.05. The first-order chi connectivity index (χ1) is 10.8. The minimum atomic E-state index is -0.187. The van der Waals surface area contributed by atoms with Crippen molar-refractivity contribution in [1.82, 2.24) is 10.3 Å². The summed E-state index contributed by atoms with van der Waals surface area (Å²) >= 11 is 3.28. The van der Waals surface area contributed by atoms with Crippen LogP contribution in [0.2, 0.25) is 0 Å². The molecule has 0 saturated carbocycles. The maximum Gasteiger partial charge on any atom is 0.319 e. The van der Waals surface area contributed by atoms with E-state index >= 15 is 0 Å². The fraction of sp³-hybridized carbons (Fsp3) is 0.125. The van der Waals surface area contributed by atoms with Gasteiger partial charge in [0.1, 0.15) is 5.01 Å². The second-order valence-electron chi connectivity index (χ2n) is 4.63. The van der Waals surface area contributed by atoms with Gasteiger partial charge in [-0.3, -0.25) is 0 Å². The highest BCUT2D eigenvalue weighted by atomic mass is 32.1. The van der Waals surface area contributed by atoms with E-state index in [1.165, 1.54) is 4.88 Å². The number of aromatic nitrogens is 1. The van der Waals surface area contributed by atoms with Crippen molar-refractivity contribution in [2.75, 3.05) is 11.9 Å². The fourth-order valence-corrected chi connectivity index (χ4v) is 3.37. The molecule has 0 aliphatic carbocycles. The predicted molar refractivity (Wildman–Crippen MR) is 92.6 cm³/mol. The number of nitrogens with one attached hydrogen (secondary N) is 2. The number of nitrogens with zero attached hydrogens (tertiary/aromatic N) is 1. The van der Waals surface area contributed by atoms with Crippen LogP contribution in [0.4, 0.5) is 10.5 Å². The van der Waals surface area contributed by atoms with E-state index in [1.54, 1.807) is 28.9 Å². The first-order valence-electron chi connectivity index (χ1n) is 6.88. The summed E-state index contributed by atoms with van der Waals surface area (Å²) in [4.78, 5) is 17.5. The van der Waals surface area contributed by atoms with Crippen molar-refractivity contribution in [3.05, 3.63) is 58.2 Å². The third-order valence-electron chi connectivity index (χ3n) is 3.04. The quantitative estimate of drug-likeness (QED) is 0.736. The lowest BCUT2D eigenvalue weighted by Crippen LogP contribution is -2.30. The van der Waals surface area contributed by atoms with Crippen molar-refractivity contribution in [1.29, 1.82) is 0 Å². The summed E-state index contributed by atoms with van der Waals surface area (Å²) in [5, 5.41) is 10.6. The van der Waals surface area contributed by atoms with Crippen LogP contribution in [0, 0.1) is 0 Å². The summed E-state index contributed by atoms with van der Waals surface area (Å²) in [5.74, 6) is 0. The van der Waals surface area contributed by atoms with Gasteiger partial charge in [0, 0.05) is 34.2 Å². The molecule has 2 heterocycles. The van der Waals surface area contributed by atoms with Crippen molar-refractivity contribution < 1.29 is 4.79 Å². The third-order valence-corrected chi connectivity index (χ3v) is 4.80. The van der Waals surface area contributed by atoms with E-state index in [2.05, 4.69) is 21.7 Å². The highest BCUT2D eigenvalue weighted by Crippen LogP contribution is 2.24. The molecule has 112 valence electrons.